The van der Waals surface area contributed by atoms with Gasteiger partial charge in [-0.15, -0.1) is 0 Å². The molecule has 1 fully saturated rings. The van der Waals surface area contributed by atoms with Crippen LogP contribution >= 0.6 is 27.5 Å². The highest BCUT2D eigenvalue weighted by Crippen LogP contribution is 2.33. The molecule has 1 heterocycles. The van der Waals surface area contributed by atoms with E-state index >= 15 is 0 Å². The van der Waals surface area contributed by atoms with Crippen LogP contribution < -0.4 is 0 Å². The quantitative estimate of drug-likeness (QED) is 0.895. The molecule has 0 aliphatic carbocycles. The second kappa shape index (κ2) is 6.89. The third-order valence-electron chi connectivity index (χ3n) is 3.66. The first-order valence-corrected chi connectivity index (χ1v) is 7.74. The molecule has 1 saturated heterocycles. The lowest BCUT2D eigenvalue weighted by Crippen LogP contribution is -2.46. The molecule has 0 radical (unpaired) electrons. The molecule has 0 spiro atoms. The van der Waals surface area contributed by atoms with Gasteiger partial charge in [-0.1, -0.05) is 27.5 Å². The largest absolute Gasteiger partial charge is 0.481 e. The molecule has 1 atom stereocenters. The Morgan fingerprint density at radius 1 is 1.40 bits per heavy atom. The highest BCUT2D eigenvalue weighted by Gasteiger charge is 2.27. The van der Waals surface area contributed by atoms with Gasteiger partial charge >= 0.3 is 5.97 Å². The number of carboxylic acid groups (broad SMARTS) is 1. The summed E-state index contributed by atoms with van der Waals surface area (Å²) >= 11 is 9.70. The van der Waals surface area contributed by atoms with Crippen LogP contribution in [0.25, 0.3) is 0 Å². The fraction of sp³-hybridized carbons (Fsp3) is 0.500. The van der Waals surface area contributed by atoms with Crippen molar-refractivity contribution in [3.8, 4) is 0 Å². The van der Waals surface area contributed by atoms with E-state index < -0.39 is 5.97 Å². The fourth-order valence-electron chi connectivity index (χ4n) is 2.50. The number of nitrogens with zero attached hydrogens (tertiary/aromatic N) is 2. The lowest BCUT2D eigenvalue weighted by molar-refractivity contribution is -0.138. The van der Waals surface area contributed by atoms with Gasteiger partial charge in [-0.3, -0.25) is 9.69 Å². The van der Waals surface area contributed by atoms with Crippen molar-refractivity contribution >= 4 is 33.5 Å². The minimum atomic E-state index is -0.801. The van der Waals surface area contributed by atoms with Gasteiger partial charge in [-0.2, -0.15) is 0 Å². The summed E-state index contributed by atoms with van der Waals surface area (Å²) in [6, 6.07) is 5.43. The van der Waals surface area contributed by atoms with E-state index in [9.17, 15) is 9.90 Å². The molecule has 110 valence electrons. The number of likely N-dealkylation sites (N-methyl/N-ethyl adjacent to an activating group) is 1. The first-order valence-electron chi connectivity index (χ1n) is 6.56. The summed E-state index contributed by atoms with van der Waals surface area (Å²) in [6.07, 6.45) is 0.0693. The van der Waals surface area contributed by atoms with Crippen LogP contribution in [0.2, 0.25) is 5.02 Å². The zero-order valence-corrected chi connectivity index (χ0v) is 13.7. The van der Waals surface area contributed by atoms with Gasteiger partial charge in [-0.25, -0.2) is 0 Å². The number of hydrogen-bond donors (Lipinski definition) is 1. The van der Waals surface area contributed by atoms with E-state index in [1.54, 1.807) is 0 Å². The normalized spacial score (nSPS) is 18.9. The van der Waals surface area contributed by atoms with Crippen molar-refractivity contribution in [3.63, 3.8) is 0 Å². The van der Waals surface area contributed by atoms with Gasteiger partial charge in [0.25, 0.3) is 0 Å². The van der Waals surface area contributed by atoms with Gasteiger partial charge in [0.2, 0.25) is 0 Å². The summed E-state index contributed by atoms with van der Waals surface area (Å²) in [5.41, 5.74) is 0.882. The summed E-state index contributed by atoms with van der Waals surface area (Å²) in [6.45, 7) is 3.61. The van der Waals surface area contributed by atoms with Crippen LogP contribution in [0.4, 0.5) is 0 Å². The molecule has 20 heavy (non-hydrogen) atoms. The number of benzene rings is 1. The van der Waals surface area contributed by atoms with E-state index in [0.717, 1.165) is 36.2 Å². The zero-order chi connectivity index (χ0) is 14.7. The molecule has 0 bridgehead atoms. The standard InChI is InChI=1S/C14H18BrClN2O2/c1-17-4-6-18(7-5-17)13(9-14(19)20)11-8-10(15)2-3-12(11)16/h2-3,8,13H,4-7,9H2,1H3,(H,19,20). The number of carboxylic acids is 1. The van der Waals surface area contributed by atoms with E-state index in [1.165, 1.54) is 0 Å². The predicted molar refractivity (Wildman–Crippen MR) is 83.2 cm³/mol. The molecule has 1 unspecified atom stereocenters. The zero-order valence-electron chi connectivity index (χ0n) is 11.4. The van der Waals surface area contributed by atoms with Crippen molar-refractivity contribution in [1.82, 2.24) is 9.80 Å². The Balaban J connectivity index is 2.27. The fourth-order valence-corrected chi connectivity index (χ4v) is 3.13. The molecule has 1 aromatic carbocycles. The minimum absolute atomic E-state index is 0.0693. The van der Waals surface area contributed by atoms with Crippen LogP contribution in [-0.2, 0) is 4.79 Å². The Kier molecular flexibility index (Phi) is 5.43. The van der Waals surface area contributed by atoms with Gasteiger partial charge in [-0.05, 0) is 30.8 Å². The summed E-state index contributed by atoms with van der Waals surface area (Å²) < 4.78 is 0.918. The number of rotatable bonds is 4. The monoisotopic (exact) mass is 360 g/mol. The third kappa shape index (κ3) is 3.95. The first-order chi connectivity index (χ1) is 9.47. The first kappa shape index (κ1) is 15.8. The van der Waals surface area contributed by atoms with E-state index in [2.05, 4.69) is 32.8 Å². The summed E-state index contributed by atoms with van der Waals surface area (Å²) in [4.78, 5) is 15.7. The van der Waals surface area contributed by atoms with Crippen LogP contribution in [0.1, 0.15) is 18.0 Å². The molecule has 1 aliphatic rings. The Morgan fingerprint density at radius 3 is 2.65 bits per heavy atom. The van der Waals surface area contributed by atoms with Gasteiger partial charge in [0, 0.05) is 41.7 Å². The SMILES string of the molecule is CN1CCN(C(CC(=O)O)c2cc(Br)ccc2Cl)CC1. The molecule has 1 N–H and O–H groups in total. The Hall–Kier alpha value is -0.620. The average Bonchev–Trinajstić information content (AvgIpc) is 2.40. The molecule has 6 heteroatoms. The lowest BCUT2D eigenvalue weighted by atomic mass is 10.0. The van der Waals surface area contributed by atoms with Crippen LogP contribution in [0.5, 0.6) is 0 Å². The number of hydrogen-bond acceptors (Lipinski definition) is 3. The number of piperazine rings is 1. The molecular formula is C14H18BrClN2O2. The second-order valence-corrected chi connectivity index (χ2v) is 6.44. The van der Waals surface area contributed by atoms with E-state index in [4.69, 9.17) is 11.6 Å². The van der Waals surface area contributed by atoms with Crippen molar-refractivity contribution < 1.29 is 9.90 Å². The second-order valence-electron chi connectivity index (χ2n) is 5.12. The Labute approximate surface area is 132 Å². The average molecular weight is 362 g/mol. The highest BCUT2D eigenvalue weighted by molar-refractivity contribution is 9.10. The minimum Gasteiger partial charge on any atom is -0.481 e. The topological polar surface area (TPSA) is 43.8 Å². The third-order valence-corrected chi connectivity index (χ3v) is 4.50. The number of carbonyl (C=O) groups is 1. The van der Waals surface area contributed by atoms with Crippen LogP contribution in [0.15, 0.2) is 22.7 Å². The highest BCUT2D eigenvalue weighted by atomic mass is 79.9. The van der Waals surface area contributed by atoms with Crippen molar-refractivity contribution in [1.29, 1.82) is 0 Å². The lowest BCUT2D eigenvalue weighted by Gasteiger charge is -2.38. The van der Waals surface area contributed by atoms with Crippen molar-refractivity contribution in [3.05, 3.63) is 33.3 Å². The molecule has 2 rings (SSSR count). The molecule has 0 saturated carbocycles. The molecule has 0 amide bonds. The maximum Gasteiger partial charge on any atom is 0.305 e. The van der Waals surface area contributed by atoms with Gasteiger partial charge in [0.15, 0.2) is 0 Å². The van der Waals surface area contributed by atoms with Crippen LogP contribution in [0, 0.1) is 0 Å². The van der Waals surface area contributed by atoms with Crippen molar-refractivity contribution in [2.24, 2.45) is 0 Å². The summed E-state index contributed by atoms with van der Waals surface area (Å²) in [5.74, 6) is -0.801. The molecule has 0 aromatic heterocycles. The molecule has 4 nitrogen and oxygen atoms in total. The van der Waals surface area contributed by atoms with E-state index in [-0.39, 0.29) is 12.5 Å². The van der Waals surface area contributed by atoms with Gasteiger partial charge in [0.05, 0.1) is 6.42 Å². The number of aliphatic carboxylic acids is 1. The molecule has 1 aliphatic heterocycles. The number of halogens is 2. The van der Waals surface area contributed by atoms with Crippen molar-refractivity contribution in [2.45, 2.75) is 12.5 Å². The van der Waals surface area contributed by atoms with E-state index in [1.807, 2.05) is 18.2 Å². The Morgan fingerprint density at radius 2 is 2.05 bits per heavy atom. The Bertz CT molecular complexity index is 490. The van der Waals surface area contributed by atoms with Gasteiger partial charge < -0.3 is 10.0 Å². The van der Waals surface area contributed by atoms with Gasteiger partial charge in [0.1, 0.15) is 0 Å². The summed E-state index contributed by atoms with van der Waals surface area (Å²) in [7, 11) is 2.08. The molecular weight excluding hydrogens is 344 g/mol. The predicted octanol–water partition coefficient (Wildman–Crippen LogP) is 2.87. The van der Waals surface area contributed by atoms with Crippen LogP contribution in [0.3, 0.4) is 0 Å². The van der Waals surface area contributed by atoms with Crippen LogP contribution in [-0.4, -0.2) is 54.1 Å². The molecule has 1 aromatic rings. The van der Waals surface area contributed by atoms with Crippen molar-refractivity contribution in [2.75, 3.05) is 33.2 Å². The summed E-state index contributed by atoms with van der Waals surface area (Å²) in [5, 5.41) is 9.82. The van der Waals surface area contributed by atoms with E-state index in [0.29, 0.717) is 5.02 Å². The maximum absolute atomic E-state index is 11.2. The maximum atomic E-state index is 11.2. The smallest absolute Gasteiger partial charge is 0.305 e.